The first-order valence-corrected chi connectivity index (χ1v) is 4.08. The number of hydrogen-bond donors (Lipinski definition) is 0. The molecule has 0 spiro atoms. The third-order valence-corrected chi connectivity index (χ3v) is 1.47. The molecule has 0 N–H and O–H groups in total. The highest BCUT2D eigenvalue weighted by atomic mass is 16.7. The van der Waals surface area contributed by atoms with Gasteiger partial charge in [0.05, 0.1) is 7.11 Å². The topological polar surface area (TPSA) is 54.0 Å². The predicted octanol–water partition coefficient (Wildman–Crippen LogP) is 0.699. The van der Waals surface area contributed by atoms with Crippen LogP contribution in [0, 0.1) is 0 Å². The normalized spacial score (nSPS) is 11.6. The van der Waals surface area contributed by atoms with Gasteiger partial charge in [-0.1, -0.05) is 0 Å². The van der Waals surface area contributed by atoms with Crippen molar-refractivity contribution >= 4 is 5.97 Å². The monoisotopic (exact) mass is 204 g/mol. The number of ether oxygens (including phenoxy) is 4. The second-order valence-corrected chi connectivity index (χ2v) is 2.42. The van der Waals surface area contributed by atoms with Crippen molar-refractivity contribution in [3.05, 3.63) is 11.8 Å². The van der Waals surface area contributed by atoms with E-state index in [1.54, 1.807) is 6.08 Å². The fourth-order valence-corrected chi connectivity index (χ4v) is 0.845. The van der Waals surface area contributed by atoms with Gasteiger partial charge >= 0.3 is 5.97 Å². The Morgan fingerprint density at radius 2 is 1.86 bits per heavy atom. The quantitative estimate of drug-likeness (QED) is 0.362. The first kappa shape index (κ1) is 12.9. The number of methoxy groups -OCH3 is 3. The molecule has 0 heterocycles. The van der Waals surface area contributed by atoms with Crippen molar-refractivity contribution in [2.24, 2.45) is 0 Å². The van der Waals surface area contributed by atoms with E-state index in [0.29, 0.717) is 5.76 Å². The summed E-state index contributed by atoms with van der Waals surface area (Å²) in [6.45, 7) is 1.48. The van der Waals surface area contributed by atoms with Gasteiger partial charge in [0.15, 0.2) is 5.76 Å². The minimum atomic E-state index is -0.574. The first-order chi connectivity index (χ1) is 6.65. The summed E-state index contributed by atoms with van der Waals surface area (Å²) in [5.41, 5.74) is 0. The SMILES string of the molecule is COC(=CCOC(C)=O)C(OC)OC. The fourth-order valence-electron chi connectivity index (χ4n) is 0.845. The third-order valence-electron chi connectivity index (χ3n) is 1.47. The molecule has 0 aliphatic carbocycles. The van der Waals surface area contributed by atoms with Crippen molar-refractivity contribution in [3.63, 3.8) is 0 Å². The molecular formula is C9H16O5. The van der Waals surface area contributed by atoms with Crippen LogP contribution >= 0.6 is 0 Å². The van der Waals surface area contributed by atoms with E-state index in [1.807, 2.05) is 0 Å². The zero-order valence-electron chi connectivity index (χ0n) is 8.90. The molecule has 0 aliphatic heterocycles. The van der Waals surface area contributed by atoms with Crippen molar-refractivity contribution in [2.45, 2.75) is 13.2 Å². The van der Waals surface area contributed by atoms with Crippen LogP contribution in [0.1, 0.15) is 6.92 Å². The second-order valence-electron chi connectivity index (χ2n) is 2.42. The molecule has 82 valence electrons. The Hall–Kier alpha value is -1.07. The molecule has 0 saturated heterocycles. The third kappa shape index (κ3) is 4.84. The van der Waals surface area contributed by atoms with Gasteiger partial charge in [-0.3, -0.25) is 4.79 Å². The standard InChI is InChI=1S/C9H16O5/c1-7(10)14-6-5-8(11-2)9(12-3)13-4/h5,9H,6H2,1-4H3. The summed E-state index contributed by atoms with van der Waals surface area (Å²) in [7, 11) is 4.48. The number of carbonyl (C=O) groups is 1. The molecule has 0 unspecified atom stereocenters. The highest BCUT2D eigenvalue weighted by Crippen LogP contribution is 2.07. The molecule has 14 heavy (non-hydrogen) atoms. The molecule has 5 heteroatoms. The van der Waals surface area contributed by atoms with E-state index < -0.39 is 6.29 Å². The zero-order valence-corrected chi connectivity index (χ0v) is 8.90. The molecule has 0 rings (SSSR count). The Labute approximate surface area is 83.6 Å². The van der Waals surface area contributed by atoms with E-state index in [1.165, 1.54) is 28.3 Å². The van der Waals surface area contributed by atoms with Gasteiger partial charge in [0.25, 0.3) is 0 Å². The summed E-state index contributed by atoms with van der Waals surface area (Å²) in [6, 6.07) is 0. The van der Waals surface area contributed by atoms with E-state index in [0.717, 1.165) is 0 Å². The van der Waals surface area contributed by atoms with Crippen LogP contribution in [0.15, 0.2) is 11.8 Å². The van der Waals surface area contributed by atoms with Crippen molar-refractivity contribution < 1.29 is 23.7 Å². The predicted molar refractivity (Wildman–Crippen MR) is 49.5 cm³/mol. The van der Waals surface area contributed by atoms with Gasteiger partial charge in [-0.25, -0.2) is 0 Å². The summed E-state index contributed by atoms with van der Waals surface area (Å²) in [5.74, 6) is 0.124. The van der Waals surface area contributed by atoms with Crippen LogP contribution in [0.5, 0.6) is 0 Å². The molecule has 5 nitrogen and oxygen atoms in total. The zero-order chi connectivity index (χ0) is 11.0. The summed E-state index contributed by atoms with van der Waals surface area (Å²) in [6.07, 6.45) is 1.01. The molecular weight excluding hydrogens is 188 g/mol. The molecule has 0 aliphatic rings. The van der Waals surface area contributed by atoms with Gasteiger partial charge < -0.3 is 18.9 Å². The van der Waals surface area contributed by atoms with Crippen LogP contribution in [0.4, 0.5) is 0 Å². The van der Waals surface area contributed by atoms with Gasteiger partial charge in [0.2, 0.25) is 6.29 Å². The fraction of sp³-hybridized carbons (Fsp3) is 0.667. The molecule has 0 radical (unpaired) electrons. The van der Waals surface area contributed by atoms with Crippen molar-refractivity contribution in [1.82, 2.24) is 0 Å². The van der Waals surface area contributed by atoms with Crippen LogP contribution in [0.2, 0.25) is 0 Å². The lowest BCUT2D eigenvalue weighted by Gasteiger charge is -2.15. The Bertz CT molecular complexity index is 195. The minimum Gasteiger partial charge on any atom is -0.496 e. The lowest BCUT2D eigenvalue weighted by molar-refractivity contribution is -0.140. The van der Waals surface area contributed by atoms with Gasteiger partial charge in [0.1, 0.15) is 6.61 Å². The van der Waals surface area contributed by atoms with Crippen molar-refractivity contribution in [1.29, 1.82) is 0 Å². The van der Waals surface area contributed by atoms with Crippen molar-refractivity contribution in [3.8, 4) is 0 Å². The Morgan fingerprint density at radius 3 is 2.21 bits per heavy atom. The van der Waals surface area contributed by atoms with Crippen LogP contribution in [-0.4, -0.2) is 40.2 Å². The molecule has 0 atom stereocenters. The molecule has 0 bridgehead atoms. The van der Waals surface area contributed by atoms with E-state index in [-0.39, 0.29) is 12.6 Å². The maximum absolute atomic E-state index is 10.5. The van der Waals surface area contributed by atoms with Gasteiger partial charge in [0, 0.05) is 21.1 Å². The van der Waals surface area contributed by atoms with Gasteiger partial charge in [-0.05, 0) is 6.08 Å². The molecule has 0 aromatic carbocycles. The van der Waals surface area contributed by atoms with Crippen LogP contribution in [-0.2, 0) is 23.7 Å². The molecule has 0 amide bonds. The molecule has 0 aromatic heterocycles. The molecule has 0 fully saturated rings. The largest absolute Gasteiger partial charge is 0.496 e. The maximum Gasteiger partial charge on any atom is 0.302 e. The lowest BCUT2D eigenvalue weighted by Crippen LogP contribution is -2.18. The van der Waals surface area contributed by atoms with Crippen LogP contribution < -0.4 is 0 Å². The average molecular weight is 204 g/mol. The lowest BCUT2D eigenvalue weighted by atomic mass is 10.4. The Kier molecular flexibility index (Phi) is 6.78. The highest BCUT2D eigenvalue weighted by Gasteiger charge is 2.12. The summed E-state index contributed by atoms with van der Waals surface area (Å²) in [4.78, 5) is 10.5. The summed E-state index contributed by atoms with van der Waals surface area (Å²) < 4.78 is 19.6. The Morgan fingerprint density at radius 1 is 1.29 bits per heavy atom. The number of hydrogen-bond acceptors (Lipinski definition) is 5. The average Bonchev–Trinajstić information content (AvgIpc) is 2.16. The minimum absolute atomic E-state index is 0.141. The molecule has 0 saturated carbocycles. The maximum atomic E-state index is 10.5. The number of esters is 1. The van der Waals surface area contributed by atoms with Crippen LogP contribution in [0.3, 0.4) is 0 Å². The van der Waals surface area contributed by atoms with Crippen LogP contribution in [0.25, 0.3) is 0 Å². The van der Waals surface area contributed by atoms with E-state index >= 15 is 0 Å². The smallest absolute Gasteiger partial charge is 0.302 e. The number of carbonyl (C=O) groups excluding carboxylic acids is 1. The van der Waals surface area contributed by atoms with E-state index in [9.17, 15) is 4.79 Å². The second kappa shape index (κ2) is 7.34. The summed E-state index contributed by atoms with van der Waals surface area (Å²) >= 11 is 0. The first-order valence-electron chi connectivity index (χ1n) is 4.08. The van der Waals surface area contributed by atoms with E-state index in [2.05, 4.69) is 0 Å². The Balaban J connectivity index is 4.15. The van der Waals surface area contributed by atoms with Gasteiger partial charge in [-0.2, -0.15) is 0 Å². The highest BCUT2D eigenvalue weighted by molar-refractivity contribution is 5.65. The number of rotatable bonds is 6. The van der Waals surface area contributed by atoms with E-state index in [4.69, 9.17) is 18.9 Å². The van der Waals surface area contributed by atoms with Gasteiger partial charge in [-0.15, -0.1) is 0 Å². The summed E-state index contributed by atoms with van der Waals surface area (Å²) in [5, 5.41) is 0. The molecule has 0 aromatic rings. The van der Waals surface area contributed by atoms with Crippen molar-refractivity contribution in [2.75, 3.05) is 27.9 Å².